The number of pyridine rings is 1. The van der Waals surface area contributed by atoms with Gasteiger partial charge in [-0.2, -0.15) is 18.3 Å². The molecule has 1 aliphatic rings. The zero-order valence-corrected chi connectivity index (χ0v) is 19.4. The van der Waals surface area contributed by atoms with Gasteiger partial charge in [-0.3, -0.25) is 9.48 Å². The first-order valence-corrected chi connectivity index (χ1v) is 11.5. The van der Waals surface area contributed by atoms with Crippen molar-refractivity contribution < 1.29 is 18.0 Å². The largest absolute Gasteiger partial charge is 0.433 e. The summed E-state index contributed by atoms with van der Waals surface area (Å²) in [7, 11) is 0. The van der Waals surface area contributed by atoms with Crippen LogP contribution in [0.15, 0.2) is 49.4 Å². The number of carbonyl (C=O) groups excluding carboxylic acids is 1. The van der Waals surface area contributed by atoms with Gasteiger partial charge in [-0.1, -0.05) is 18.2 Å². The fourth-order valence-corrected chi connectivity index (χ4v) is 4.60. The van der Waals surface area contributed by atoms with E-state index in [2.05, 4.69) is 22.0 Å². The number of nitrogens with zero attached hydrogens (tertiary/aromatic N) is 4. The van der Waals surface area contributed by atoms with Gasteiger partial charge in [0, 0.05) is 47.1 Å². The molecule has 0 saturated heterocycles. The van der Waals surface area contributed by atoms with Crippen molar-refractivity contribution in [3.63, 3.8) is 0 Å². The number of aryl methyl sites for hydroxylation is 1. The Morgan fingerprint density at radius 3 is 2.82 bits per heavy atom. The predicted molar refractivity (Wildman–Crippen MR) is 126 cm³/mol. The summed E-state index contributed by atoms with van der Waals surface area (Å²) in [6.07, 6.45) is 3.07. The molecule has 180 valence electrons. The minimum Gasteiger partial charge on any atom is -0.382 e. The minimum atomic E-state index is -4.58. The molecule has 6 nitrogen and oxygen atoms in total. The maximum absolute atomic E-state index is 13.5. The number of rotatable bonds is 6. The Hall–Kier alpha value is -3.07. The Bertz CT molecular complexity index is 1210. The molecule has 2 atom stereocenters. The number of amides is 1. The summed E-state index contributed by atoms with van der Waals surface area (Å²) in [5, 5.41) is 8.37. The number of halogens is 4. The van der Waals surface area contributed by atoms with E-state index in [1.54, 1.807) is 21.8 Å². The highest BCUT2D eigenvalue weighted by Gasteiger charge is 2.34. The third-order valence-corrected chi connectivity index (χ3v) is 6.33. The van der Waals surface area contributed by atoms with Gasteiger partial charge in [0.1, 0.15) is 5.69 Å². The lowest BCUT2D eigenvalue weighted by atomic mass is 9.89. The first-order chi connectivity index (χ1) is 16.2. The van der Waals surface area contributed by atoms with Crippen molar-refractivity contribution in [3.05, 3.63) is 65.7 Å². The van der Waals surface area contributed by atoms with Crippen LogP contribution in [0.2, 0.25) is 5.02 Å². The third kappa shape index (κ3) is 5.04. The molecule has 4 rings (SSSR count). The molecule has 34 heavy (non-hydrogen) atoms. The van der Waals surface area contributed by atoms with Gasteiger partial charge in [0.25, 0.3) is 5.91 Å². The van der Waals surface area contributed by atoms with E-state index < -0.39 is 11.9 Å². The summed E-state index contributed by atoms with van der Waals surface area (Å²) in [6, 6.07) is 5.36. The molecule has 1 amide bonds. The summed E-state index contributed by atoms with van der Waals surface area (Å²) in [4.78, 5) is 18.4. The second-order valence-corrected chi connectivity index (χ2v) is 8.79. The van der Waals surface area contributed by atoms with E-state index >= 15 is 0 Å². The van der Waals surface area contributed by atoms with Gasteiger partial charge in [0.2, 0.25) is 0 Å². The molecule has 0 aliphatic heterocycles. The second kappa shape index (κ2) is 9.66. The van der Waals surface area contributed by atoms with E-state index in [0.717, 1.165) is 25.3 Å². The fourth-order valence-electron chi connectivity index (χ4n) is 4.42. The molecular formula is C24H25ClF3N5O. The Balaban J connectivity index is 1.58. The first-order valence-electron chi connectivity index (χ1n) is 11.1. The van der Waals surface area contributed by atoms with E-state index in [0.29, 0.717) is 34.6 Å². The quantitative estimate of drug-likeness (QED) is 0.450. The summed E-state index contributed by atoms with van der Waals surface area (Å²) in [5.74, 6) is -0.194. The van der Waals surface area contributed by atoms with Crippen LogP contribution in [-0.4, -0.2) is 37.7 Å². The first kappa shape index (κ1) is 24.1. The van der Waals surface area contributed by atoms with Gasteiger partial charge < -0.3 is 10.2 Å². The minimum absolute atomic E-state index is 0.139. The van der Waals surface area contributed by atoms with Crippen molar-refractivity contribution in [2.45, 2.75) is 57.4 Å². The van der Waals surface area contributed by atoms with Crippen LogP contribution in [0.25, 0.3) is 10.9 Å². The van der Waals surface area contributed by atoms with E-state index in [-0.39, 0.29) is 23.5 Å². The van der Waals surface area contributed by atoms with E-state index in [1.807, 2.05) is 6.92 Å². The van der Waals surface area contributed by atoms with E-state index in [1.165, 1.54) is 24.5 Å². The molecule has 0 spiro atoms. The zero-order valence-electron chi connectivity index (χ0n) is 18.6. The van der Waals surface area contributed by atoms with Gasteiger partial charge >= 0.3 is 6.18 Å². The van der Waals surface area contributed by atoms with Gasteiger partial charge in [-0.05, 0) is 56.9 Å². The van der Waals surface area contributed by atoms with Gasteiger partial charge in [-0.25, -0.2) is 4.98 Å². The van der Waals surface area contributed by atoms with Crippen LogP contribution in [0.4, 0.5) is 18.9 Å². The average Bonchev–Trinajstić information content (AvgIpc) is 3.29. The van der Waals surface area contributed by atoms with Crippen molar-refractivity contribution in [2.75, 3.05) is 5.32 Å². The maximum Gasteiger partial charge on any atom is 0.433 e. The SMILES string of the molecule is C=CN(C(=O)c1cnn(CC)c1)[C@@H]1CCC[C@H](Nc2cc(C(F)(F)F)nc3ccc(Cl)cc23)C1. The van der Waals surface area contributed by atoms with Crippen LogP contribution in [-0.2, 0) is 12.7 Å². The van der Waals surface area contributed by atoms with Crippen molar-refractivity contribution in [1.82, 2.24) is 19.7 Å². The summed E-state index contributed by atoms with van der Waals surface area (Å²) in [5.41, 5.74) is 0.0468. The van der Waals surface area contributed by atoms with Crippen molar-refractivity contribution in [3.8, 4) is 0 Å². The Morgan fingerprint density at radius 1 is 1.35 bits per heavy atom. The number of benzene rings is 1. The van der Waals surface area contributed by atoms with Crippen molar-refractivity contribution in [2.24, 2.45) is 0 Å². The van der Waals surface area contributed by atoms with Crippen LogP contribution in [0.1, 0.15) is 48.7 Å². The topological polar surface area (TPSA) is 63.1 Å². The van der Waals surface area contributed by atoms with Crippen molar-refractivity contribution in [1.29, 1.82) is 0 Å². The molecular weight excluding hydrogens is 467 g/mol. The summed E-state index contributed by atoms with van der Waals surface area (Å²) < 4.78 is 42.1. The second-order valence-electron chi connectivity index (χ2n) is 8.36. The lowest BCUT2D eigenvalue weighted by Crippen LogP contribution is -2.42. The smallest absolute Gasteiger partial charge is 0.382 e. The lowest BCUT2D eigenvalue weighted by molar-refractivity contribution is -0.140. The molecule has 1 saturated carbocycles. The fraction of sp³-hybridized carbons (Fsp3) is 0.375. The van der Waals surface area contributed by atoms with Crippen LogP contribution in [0.3, 0.4) is 0 Å². The number of fused-ring (bicyclic) bond motifs is 1. The zero-order chi connectivity index (χ0) is 24.5. The monoisotopic (exact) mass is 491 g/mol. The van der Waals surface area contributed by atoms with E-state index in [9.17, 15) is 18.0 Å². The number of alkyl halides is 3. The van der Waals surface area contributed by atoms with Gasteiger partial charge in [0.05, 0.1) is 17.3 Å². The number of nitrogens with one attached hydrogen (secondary N) is 1. The Labute approximate surface area is 200 Å². The predicted octanol–water partition coefficient (Wildman–Crippen LogP) is 6.13. The van der Waals surface area contributed by atoms with E-state index in [4.69, 9.17) is 11.6 Å². The molecule has 2 heterocycles. The van der Waals surface area contributed by atoms with Crippen LogP contribution < -0.4 is 5.32 Å². The average molecular weight is 492 g/mol. The van der Waals surface area contributed by atoms with Gasteiger partial charge in [0.15, 0.2) is 0 Å². The molecule has 0 radical (unpaired) electrons. The molecule has 1 N–H and O–H groups in total. The molecule has 0 unspecified atom stereocenters. The molecule has 2 aromatic heterocycles. The number of anilines is 1. The van der Waals surface area contributed by atoms with Crippen molar-refractivity contribution >= 4 is 34.1 Å². The summed E-state index contributed by atoms with van der Waals surface area (Å²) in [6.45, 7) is 6.41. The molecule has 10 heteroatoms. The van der Waals surface area contributed by atoms with Crippen LogP contribution in [0.5, 0.6) is 0 Å². The molecule has 1 aromatic carbocycles. The Morgan fingerprint density at radius 2 is 2.15 bits per heavy atom. The molecule has 0 bridgehead atoms. The standard InChI is InChI=1S/C24H25ClF3N5O/c1-3-32-14-15(13-29-32)23(34)33(4-2)18-7-5-6-17(11-18)30-21-12-22(24(26,27)28)31-20-9-8-16(25)10-19(20)21/h4,8-10,12-14,17-18H,2-3,5-7,11H2,1H3,(H,30,31)/t17-,18+/m0/s1. The molecule has 3 aromatic rings. The highest BCUT2D eigenvalue weighted by atomic mass is 35.5. The van der Waals surface area contributed by atoms with Crippen LogP contribution in [0, 0.1) is 0 Å². The highest BCUT2D eigenvalue weighted by molar-refractivity contribution is 6.31. The third-order valence-electron chi connectivity index (χ3n) is 6.10. The number of hydrogen-bond acceptors (Lipinski definition) is 4. The van der Waals surface area contributed by atoms with Gasteiger partial charge in [-0.15, -0.1) is 0 Å². The molecule has 1 aliphatic carbocycles. The van der Waals surface area contributed by atoms with Crippen LogP contribution >= 0.6 is 11.6 Å². The highest BCUT2D eigenvalue weighted by Crippen LogP contribution is 2.36. The number of carbonyl (C=O) groups is 1. The number of hydrogen-bond donors (Lipinski definition) is 1. The summed E-state index contributed by atoms with van der Waals surface area (Å²) >= 11 is 6.11. The molecule has 1 fully saturated rings. The lowest BCUT2D eigenvalue weighted by Gasteiger charge is -2.36. The number of aromatic nitrogens is 3. The normalized spacial score (nSPS) is 18.6. The maximum atomic E-state index is 13.5. The Kier molecular flexibility index (Phi) is 6.84.